The molecule has 1 aromatic carbocycles. The topological polar surface area (TPSA) is 44.2 Å². The third-order valence-electron chi connectivity index (χ3n) is 2.96. The Morgan fingerprint density at radius 2 is 1.84 bits per heavy atom. The first-order chi connectivity index (χ1) is 9.17. The standard InChI is InChI=1S/C15H18N2O2/c1-5-11-6-7-14(18-3)12(9-11)13-8-10(2)16-15(17-13)19-4/h6-9H,5H2,1-4H3. The summed E-state index contributed by atoms with van der Waals surface area (Å²) >= 11 is 0. The molecule has 0 N–H and O–H groups in total. The summed E-state index contributed by atoms with van der Waals surface area (Å²) in [6.45, 7) is 4.04. The molecule has 0 aliphatic heterocycles. The molecule has 2 rings (SSSR count). The number of hydrogen-bond acceptors (Lipinski definition) is 4. The Balaban J connectivity index is 2.59. The van der Waals surface area contributed by atoms with Crippen LogP contribution in [0, 0.1) is 6.92 Å². The largest absolute Gasteiger partial charge is 0.496 e. The maximum atomic E-state index is 5.41. The van der Waals surface area contributed by atoms with Gasteiger partial charge < -0.3 is 9.47 Å². The predicted molar refractivity (Wildman–Crippen MR) is 74.7 cm³/mol. The molecule has 2 aromatic rings. The molecule has 0 aliphatic rings. The molecule has 0 spiro atoms. The number of methoxy groups -OCH3 is 2. The Labute approximate surface area is 113 Å². The van der Waals surface area contributed by atoms with Crippen LogP contribution < -0.4 is 9.47 Å². The molecule has 1 aromatic heterocycles. The van der Waals surface area contributed by atoms with Crippen LogP contribution in [-0.4, -0.2) is 24.2 Å². The highest BCUT2D eigenvalue weighted by atomic mass is 16.5. The number of benzene rings is 1. The van der Waals surface area contributed by atoms with Gasteiger partial charge in [0, 0.05) is 11.3 Å². The number of ether oxygens (including phenoxy) is 2. The molecule has 0 bridgehead atoms. The van der Waals surface area contributed by atoms with Crippen LogP contribution in [0.5, 0.6) is 11.8 Å². The van der Waals surface area contributed by atoms with Crippen LogP contribution in [-0.2, 0) is 6.42 Å². The molecule has 0 unspecified atom stereocenters. The lowest BCUT2D eigenvalue weighted by Crippen LogP contribution is -1.98. The van der Waals surface area contributed by atoms with Crippen LogP contribution in [0.1, 0.15) is 18.2 Å². The van der Waals surface area contributed by atoms with Gasteiger partial charge in [0.25, 0.3) is 0 Å². The normalized spacial score (nSPS) is 10.3. The van der Waals surface area contributed by atoms with Crippen molar-refractivity contribution in [2.24, 2.45) is 0 Å². The van der Waals surface area contributed by atoms with E-state index >= 15 is 0 Å². The highest BCUT2D eigenvalue weighted by Crippen LogP contribution is 2.30. The van der Waals surface area contributed by atoms with Gasteiger partial charge in [-0.1, -0.05) is 13.0 Å². The summed E-state index contributed by atoms with van der Waals surface area (Å²) in [7, 11) is 3.23. The van der Waals surface area contributed by atoms with Gasteiger partial charge in [-0.15, -0.1) is 0 Å². The molecule has 19 heavy (non-hydrogen) atoms. The van der Waals surface area contributed by atoms with Crippen molar-refractivity contribution >= 4 is 0 Å². The molecule has 0 fully saturated rings. The van der Waals surface area contributed by atoms with Gasteiger partial charge in [0.1, 0.15) is 5.75 Å². The molecular weight excluding hydrogens is 240 g/mol. The average molecular weight is 258 g/mol. The van der Waals surface area contributed by atoms with Crippen LogP contribution in [0.2, 0.25) is 0 Å². The Hall–Kier alpha value is -2.10. The molecule has 0 aliphatic carbocycles. The first-order valence-corrected chi connectivity index (χ1v) is 6.25. The van der Waals surface area contributed by atoms with Gasteiger partial charge in [0.2, 0.25) is 0 Å². The van der Waals surface area contributed by atoms with Crippen molar-refractivity contribution in [1.82, 2.24) is 9.97 Å². The fraction of sp³-hybridized carbons (Fsp3) is 0.333. The van der Waals surface area contributed by atoms with Crippen LogP contribution in [0.25, 0.3) is 11.3 Å². The summed E-state index contributed by atoms with van der Waals surface area (Å²) in [4.78, 5) is 8.59. The van der Waals surface area contributed by atoms with Gasteiger partial charge in [0.15, 0.2) is 0 Å². The zero-order valence-corrected chi connectivity index (χ0v) is 11.7. The lowest BCUT2D eigenvalue weighted by molar-refractivity contribution is 0.379. The van der Waals surface area contributed by atoms with Crippen LogP contribution in [0.3, 0.4) is 0 Å². The number of rotatable bonds is 4. The third-order valence-corrected chi connectivity index (χ3v) is 2.96. The third kappa shape index (κ3) is 2.84. The lowest BCUT2D eigenvalue weighted by Gasteiger charge is -2.11. The summed E-state index contributed by atoms with van der Waals surface area (Å²) < 4.78 is 10.5. The predicted octanol–water partition coefficient (Wildman–Crippen LogP) is 3.03. The average Bonchev–Trinajstić information content (AvgIpc) is 2.45. The van der Waals surface area contributed by atoms with E-state index in [1.807, 2.05) is 19.1 Å². The van der Waals surface area contributed by atoms with Gasteiger partial charge >= 0.3 is 6.01 Å². The molecule has 1 heterocycles. The summed E-state index contributed by atoms with van der Waals surface area (Å²) in [6.07, 6.45) is 0.970. The van der Waals surface area contributed by atoms with Gasteiger partial charge in [-0.05, 0) is 37.1 Å². The zero-order valence-electron chi connectivity index (χ0n) is 11.7. The van der Waals surface area contributed by atoms with Crippen molar-refractivity contribution in [2.75, 3.05) is 14.2 Å². The first-order valence-electron chi connectivity index (χ1n) is 6.25. The van der Waals surface area contributed by atoms with Gasteiger partial charge in [-0.25, -0.2) is 4.98 Å². The summed E-state index contributed by atoms with van der Waals surface area (Å²) in [6, 6.07) is 8.44. The number of hydrogen-bond donors (Lipinski definition) is 0. The van der Waals surface area contributed by atoms with Crippen molar-refractivity contribution in [2.45, 2.75) is 20.3 Å². The summed E-state index contributed by atoms with van der Waals surface area (Å²) in [5.74, 6) is 0.803. The van der Waals surface area contributed by atoms with E-state index in [1.165, 1.54) is 5.56 Å². The van der Waals surface area contributed by atoms with E-state index in [9.17, 15) is 0 Å². The molecular formula is C15H18N2O2. The molecule has 4 nitrogen and oxygen atoms in total. The van der Waals surface area contributed by atoms with Crippen LogP contribution in [0.15, 0.2) is 24.3 Å². The van der Waals surface area contributed by atoms with E-state index in [1.54, 1.807) is 14.2 Å². The Bertz CT molecular complexity index is 582. The van der Waals surface area contributed by atoms with Gasteiger partial charge in [-0.3, -0.25) is 0 Å². The summed E-state index contributed by atoms with van der Waals surface area (Å²) in [5.41, 5.74) is 3.89. The van der Waals surface area contributed by atoms with Crippen LogP contribution >= 0.6 is 0 Å². The Morgan fingerprint density at radius 3 is 2.47 bits per heavy atom. The Morgan fingerprint density at radius 1 is 1.05 bits per heavy atom. The number of aromatic nitrogens is 2. The summed E-state index contributed by atoms with van der Waals surface area (Å²) in [5, 5.41) is 0. The fourth-order valence-electron chi connectivity index (χ4n) is 1.95. The molecule has 0 saturated heterocycles. The molecule has 0 atom stereocenters. The van der Waals surface area contributed by atoms with Gasteiger partial charge in [-0.2, -0.15) is 4.98 Å². The zero-order chi connectivity index (χ0) is 13.8. The fourth-order valence-corrected chi connectivity index (χ4v) is 1.95. The first kappa shape index (κ1) is 13.3. The quantitative estimate of drug-likeness (QED) is 0.845. The van der Waals surface area contributed by atoms with Crippen molar-refractivity contribution in [3.8, 4) is 23.0 Å². The smallest absolute Gasteiger partial charge is 0.316 e. The van der Waals surface area contributed by atoms with Crippen molar-refractivity contribution in [3.05, 3.63) is 35.5 Å². The second-order valence-corrected chi connectivity index (χ2v) is 4.27. The maximum Gasteiger partial charge on any atom is 0.316 e. The maximum absolute atomic E-state index is 5.41. The van der Waals surface area contributed by atoms with E-state index in [2.05, 4.69) is 29.0 Å². The molecule has 100 valence electrons. The minimum Gasteiger partial charge on any atom is -0.496 e. The van der Waals surface area contributed by atoms with E-state index in [0.29, 0.717) is 6.01 Å². The molecule has 0 saturated carbocycles. The minimum absolute atomic E-state index is 0.374. The highest BCUT2D eigenvalue weighted by Gasteiger charge is 2.11. The lowest BCUT2D eigenvalue weighted by atomic mass is 10.0. The molecule has 4 heteroatoms. The Kier molecular flexibility index (Phi) is 4.00. The molecule has 0 radical (unpaired) electrons. The van der Waals surface area contributed by atoms with Crippen molar-refractivity contribution in [3.63, 3.8) is 0 Å². The van der Waals surface area contributed by atoms with Gasteiger partial charge in [0.05, 0.1) is 19.9 Å². The SMILES string of the molecule is CCc1ccc(OC)c(-c2cc(C)nc(OC)n2)c1. The number of aryl methyl sites for hydroxylation is 2. The van der Waals surface area contributed by atoms with E-state index in [-0.39, 0.29) is 0 Å². The van der Waals surface area contributed by atoms with Crippen molar-refractivity contribution < 1.29 is 9.47 Å². The van der Waals surface area contributed by atoms with E-state index in [0.717, 1.165) is 29.1 Å². The second kappa shape index (κ2) is 5.69. The molecule has 0 amide bonds. The van der Waals surface area contributed by atoms with Crippen molar-refractivity contribution in [1.29, 1.82) is 0 Å². The van der Waals surface area contributed by atoms with E-state index in [4.69, 9.17) is 9.47 Å². The monoisotopic (exact) mass is 258 g/mol. The highest BCUT2D eigenvalue weighted by molar-refractivity contribution is 5.68. The van der Waals surface area contributed by atoms with E-state index < -0.39 is 0 Å². The van der Waals surface area contributed by atoms with Crippen LogP contribution in [0.4, 0.5) is 0 Å². The number of nitrogens with zero attached hydrogens (tertiary/aromatic N) is 2. The second-order valence-electron chi connectivity index (χ2n) is 4.27. The minimum atomic E-state index is 0.374.